The Morgan fingerprint density at radius 3 is 2.89 bits per heavy atom. The Hall–Kier alpha value is -2.42. The number of para-hydroxylation sites is 1. The SMILES string of the molecule is O=CC(Cc1cccnc1)c1c[nH]c2ccccc12. The van der Waals surface area contributed by atoms with Gasteiger partial charge in [0.1, 0.15) is 6.29 Å². The number of hydrogen-bond acceptors (Lipinski definition) is 2. The summed E-state index contributed by atoms with van der Waals surface area (Å²) in [6.07, 6.45) is 7.18. The highest BCUT2D eigenvalue weighted by Crippen LogP contribution is 2.26. The fraction of sp³-hybridized carbons (Fsp3) is 0.125. The Bertz CT molecular complexity index is 688. The summed E-state index contributed by atoms with van der Waals surface area (Å²) in [5.74, 6) is -0.139. The zero-order chi connectivity index (χ0) is 13.1. The van der Waals surface area contributed by atoms with E-state index >= 15 is 0 Å². The first-order valence-corrected chi connectivity index (χ1v) is 6.28. The van der Waals surface area contributed by atoms with E-state index in [1.54, 1.807) is 6.20 Å². The van der Waals surface area contributed by atoms with E-state index in [9.17, 15) is 4.79 Å². The summed E-state index contributed by atoms with van der Waals surface area (Å²) in [6, 6.07) is 11.9. The smallest absolute Gasteiger partial charge is 0.127 e. The standard InChI is InChI=1S/C16H14N2O/c19-11-13(8-12-4-3-7-17-9-12)15-10-18-16-6-2-1-5-14(15)16/h1-7,9-11,13,18H,8H2. The van der Waals surface area contributed by atoms with Crippen LogP contribution in [0.3, 0.4) is 0 Å². The molecule has 3 aromatic rings. The van der Waals surface area contributed by atoms with E-state index < -0.39 is 0 Å². The van der Waals surface area contributed by atoms with Gasteiger partial charge in [-0.3, -0.25) is 4.98 Å². The van der Waals surface area contributed by atoms with Gasteiger partial charge >= 0.3 is 0 Å². The van der Waals surface area contributed by atoms with Gasteiger partial charge in [-0.2, -0.15) is 0 Å². The molecule has 1 atom stereocenters. The van der Waals surface area contributed by atoms with Gasteiger partial charge in [0.25, 0.3) is 0 Å². The van der Waals surface area contributed by atoms with Gasteiger partial charge in [-0.05, 0) is 29.7 Å². The average molecular weight is 250 g/mol. The van der Waals surface area contributed by atoms with Gasteiger partial charge in [0, 0.05) is 35.4 Å². The molecule has 0 radical (unpaired) electrons. The third-order valence-corrected chi connectivity index (χ3v) is 3.36. The van der Waals surface area contributed by atoms with Crippen molar-refractivity contribution in [1.82, 2.24) is 9.97 Å². The molecule has 0 fully saturated rings. The second-order valence-electron chi connectivity index (χ2n) is 4.60. The number of nitrogens with zero attached hydrogens (tertiary/aromatic N) is 1. The largest absolute Gasteiger partial charge is 0.361 e. The van der Waals surface area contributed by atoms with Crippen LogP contribution in [0.1, 0.15) is 17.0 Å². The van der Waals surface area contributed by atoms with Crippen LogP contribution >= 0.6 is 0 Å². The Labute approximate surface area is 111 Å². The first kappa shape index (κ1) is 11.7. The highest BCUT2D eigenvalue weighted by atomic mass is 16.1. The van der Waals surface area contributed by atoms with E-state index in [0.717, 1.165) is 28.3 Å². The highest BCUT2D eigenvalue weighted by molar-refractivity contribution is 5.86. The zero-order valence-corrected chi connectivity index (χ0v) is 10.4. The lowest BCUT2D eigenvalue weighted by Gasteiger charge is -2.09. The lowest BCUT2D eigenvalue weighted by molar-refractivity contribution is -0.109. The molecule has 2 aromatic heterocycles. The molecule has 3 rings (SSSR count). The van der Waals surface area contributed by atoms with E-state index in [1.807, 2.05) is 48.8 Å². The minimum Gasteiger partial charge on any atom is -0.361 e. The van der Waals surface area contributed by atoms with Crippen molar-refractivity contribution >= 4 is 17.2 Å². The van der Waals surface area contributed by atoms with E-state index in [1.165, 1.54) is 0 Å². The number of carbonyl (C=O) groups excluding carboxylic acids is 1. The van der Waals surface area contributed by atoms with Gasteiger partial charge in [-0.15, -0.1) is 0 Å². The molecule has 3 nitrogen and oxygen atoms in total. The summed E-state index contributed by atoms with van der Waals surface area (Å²) in [7, 11) is 0. The van der Waals surface area contributed by atoms with Crippen molar-refractivity contribution < 1.29 is 4.79 Å². The Morgan fingerprint density at radius 1 is 1.21 bits per heavy atom. The lowest BCUT2D eigenvalue weighted by atomic mass is 9.93. The first-order chi connectivity index (χ1) is 9.38. The van der Waals surface area contributed by atoms with Crippen LogP contribution in [-0.2, 0) is 11.2 Å². The maximum absolute atomic E-state index is 11.4. The summed E-state index contributed by atoms with van der Waals surface area (Å²) in [4.78, 5) is 18.7. The molecule has 0 aliphatic carbocycles. The molecule has 0 aliphatic rings. The van der Waals surface area contributed by atoms with Gasteiger partial charge in [-0.25, -0.2) is 0 Å². The van der Waals surface area contributed by atoms with Crippen LogP contribution in [-0.4, -0.2) is 16.3 Å². The Morgan fingerprint density at radius 2 is 2.11 bits per heavy atom. The first-order valence-electron chi connectivity index (χ1n) is 6.28. The average Bonchev–Trinajstić information content (AvgIpc) is 2.90. The van der Waals surface area contributed by atoms with Gasteiger partial charge in [0.15, 0.2) is 0 Å². The number of fused-ring (bicyclic) bond motifs is 1. The number of hydrogen-bond donors (Lipinski definition) is 1. The fourth-order valence-corrected chi connectivity index (χ4v) is 2.40. The topological polar surface area (TPSA) is 45.8 Å². The predicted octanol–water partition coefficient (Wildman–Crippen LogP) is 3.09. The predicted molar refractivity (Wildman–Crippen MR) is 75.0 cm³/mol. The molecule has 1 unspecified atom stereocenters. The molecule has 0 amide bonds. The number of aldehydes is 1. The third kappa shape index (κ3) is 2.27. The number of benzene rings is 1. The van der Waals surface area contributed by atoms with Gasteiger partial charge < -0.3 is 9.78 Å². The van der Waals surface area contributed by atoms with Crippen molar-refractivity contribution in [3.63, 3.8) is 0 Å². The third-order valence-electron chi connectivity index (χ3n) is 3.36. The molecule has 94 valence electrons. The number of carbonyl (C=O) groups is 1. The van der Waals surface area contributed by atoms with Crippen LogP contribution in [0.5, 0.6) is 0 Å². The lowest BCUT2D eigenvalue weighted by Crippen LogP contribution is -2.04. The molecule has 0 bridgehead atoms. The number of pyridine rings is 1. The van der Waals surface area contributed by atoms with Crippen molar-refractivity contribution in [3.8, 4) is 0 Å². The maximum Gasteiger partial charge on any atom is 0.127 e. The molecule has 0 aliphatic heterocycles. The molecular weight excluding hydrogens is 236 g/mol. The molecule has 1 N–H and O–H groups in total. The number of aromatic amines is 1. The van der Waals surface area contributed by atoms with Crippen LogP contribution in [0.4, 0.5) is 0 Å². The number of nitrogens with one attached hydrogen (secondary N) is 1. The molecule has 0 saturated heterocycles. The highest BCUT2D eigenvalue weighted by Gasteiger charge is 2.15. The molecule has 0 saturated carbocycles. The van der Waals surface area contributed by atoms with E-state index in [-0.39, 0.29) is 5.92 Å². The number of H-pyrrole nitrogens is 1. The monoisotopic (exact) mass is 250 g/mol. The van der Waals surface area contributed by atoms with Gasteiger partial charge in [0.05, 0.1) is 0 Å². The van der Waals surface area contributed by atoms with E-state index in [2.05, 4.69) is 9.97 Å². The molecule has 1 aromatic carbocycles. The molecule has 0 spiro atoms. The van der Waals surface area contributed by atoms with Crippen LogP contribution < -0.4 is 0 Å². The molecule has 3 heteroatoms. The second-order valence-corrected chi connectivity index (χ2v) is 4.60. The van der Waals surface area contributed by atoms with E-state index in [0.29, 0.717) is 6.42 Å². The van der Waals surface area contributed by atoms with Crippen molar-refractivity contribution in [2.75, 3.05) is 0 Å². The number of rotatable bonds is 4. The summed E-state index contributed by atoms with van der Waals surface area (Å²) in [6.45, 7) is 0. The minimum atomic E-state index is -0.139. The number of aromatic nitrogens is 2. The van der Waals surface area contributed by atoms with Crippen molar-refractivity contribution in [1.29, 1.82) is 0 Å². The summed E-state index contributed by atoms with van der Waals surface area (Å²) >= 11 is 0. The fourth-order valence-electron chi connectivity index (χ4n) is 2.40. The Kier molecular flexibility index (Phi) is 3.11. The summed E-state index contributed by atoms with van der Waals surface area (Å²) < 4.78 is 0. The van der Waals surface area contributed by atoms with Crippen LogP contribution in [0.2, 0.25) is 0 Å². The maximum atomic E-state index is 11.4. The quantitative estimate of drug-likeness (QED) is 0.723. The summed E-state index contributed by atoms with van der Waals surface area (Å²) in [5.41, 5.74) is 3.19. The second kappa shape index (κ2) is 5.06. The van der Waals surface area contributed by atoms with Crippen LogP contribution in [0.25, 0.3) is 10.9 Å². The van der Waals surface area contributed by atoms with Gasteiger partial charge in [-0.1, -0.05) is 24.3 Å². The molecule has 2 heterocycles. The molecule has 19 heavy (non-hydrogen) atoms. The normalized spacial score (nSPS) is 12.4. The van der Waals surface area contributed by atoms with Crippen LogP contribution in [0, 0.1) is 0 Å². The van der Waals surface area contributed by atoms with Crippen molar-refractivity contribution in [3.05, 3.63) is 66.1 Å². The summed E-state index contributed by atoms with van der Waals surface area (Å²) in [5, 5.41) is 1.11. The van der Waals surface area contributed by atoms with E-state index in [4.69, 9.17) is 0 Å². The minimum absolute atomic E-state index is 0.139. The van der Waals surface area contributed by atoms with Gasteiger partial charge in [0.2, 0.25) is 0 Å². The van der Waals surface area contributed by atoms with Crippen molar-refractivity contribution in [2.45, 2.75) is 12.3 Å². The zero-order valence-electron chi connectivity index (χ0n) is 10.4. The van der Waals surface area contributed by atoms with Crippen LogP contribution in [0.15, 0.2) is 55.0 Å². The Balaban J connectivity index is 1.96. The van der Waals surface area contributed by atoms with Crippen molar-refractivity contribution in [2.24, 2.45) is 0 Å². The molecular formula is C16H14N2O.